The van der Waals surface area contributed by atoms with Gasteiger partial charge in [0.1, 0.15) is 5.82 Å². The Kier molecular flexibility index (Phi) is 4.55. The first-order valence-electron chi connectivity index (χ1n) is 6.57. The zero-order valence-electron chi connectivity index (χ0n) is 12.3. The second kappa shape index (κ2) is 5.40. The van der Waals surface area contributed by atoms with E-state index in [1.165, 1.54) is 0 Å². The van der Waals surface area contributed by atoms with Gasteiger partial charge in [0.2, 0.25) is 0 Å². The zero-order chi connectivity index (χ0) is 14.1. The van der Waals surface area contributed by atoms with E-state index < -0.39 is 6.10 Å². The minimum atomic E-state index is -0.516. The minimum Gasteiger partial charge on any atom is -0.388 e. The lowest BCUT2D eigenvalue weighted by molar-refractivity contribution is 0.110. The molecular formula is C16H25FO. The maximum absolute atomic E-state index is 13.5. The van der Waals surface area contributed by atoms with Crippen LogP contribution in [0.1, 0.15) is 56.9 Å². The van der Waals surface area contributed by atoms with Gasteiger partial charge in [-0.2, -0.15) is 0 Å². The lowest BCUT2D eigenvalue weighted by Gasteiger charge is -2.29. The molecule has 2 unspecified atom stereocenters. The quantitative estimate of drug-likeness (QED) is 0.836. The number of aryl methyl sites for hydroxylation is 2. The first-order valence-corrected chi connectivity index (χ1v) is 6.57. The van der Waals surface area contributed by atoms with Gasteiger partial charge in [0.15, 0.2) is 0 Å². The standard InChI is InChI=1S/C16H25FO/c1-10-7-13(8-11(2)15(10)17)14(18)9-12(3)16(4,5)6/h7-8,12,14,18H,9H2,1-6H3. The Morgan fingerprint density at radius 2 is 1.61 bits per heavy atom. The van der Waals surface area contributed by atoms with Crippen LogP contribution < -0.4 is 0 Å². The normalized spacial score (nSPS) is 15.6. The maximum Gasteiger partial charge on any atom is 0.129 e. The molecule has 0 aromatic heterocycles. The Morgan fingerprint density at radius 3 is 2.00 bits per heavy atom. The van der Waals surface area contributed by atoms with Crippen LogP contribution >= 0.6 is 0 Å². The highest BCUT2D eigenvalue weighted by molar-refractivity contribution is 5.31. The van der Waals surface area contributed by atoms with Gasteiger partial charge in [0, 0.05) is 0 Å². The molecule has 1 N–H and O–H groups in total. The molecule has 0 fully saturated rings. The molecule has 0 spiro atoms. The first-order chi connectivity index (χ1) is 8.12. The van der Waals surface area contributed by atoms with Crippen LogP contribution in [0.5, 0.6) is 0 Å². The smallest absolute Gasteiger partial charge is 0.129 e. The Bertz CT molecular complexity index is 395. The van der Waals surface area contributed by atoms with Crippen LogP contribution in [0.3, 0.4) is 0 Å². The molecule has 2 atom stereocenters. The molecule has 0 aliphatic carbocycles. The van der Waals surface area contributed by atoms with Crippen molar-refractivity contribution in [3.05, 3.63) is 34.6 Å². The Morgan fingerprint density at radius 1 is 1.17 bits per heavy atom. The predicted octanol–water partition coefficient (Wildman–Crippen LogP) is 4.55. The number of benzene rings is 1. The second-order valence-electron chi connectivity index (χ2n) is 6.49. The van der Waals surface area contributed by atoms with E-state index in [9.17, 15) is 9.50 Å². The molecule has 1 rings (SSSR count). The topological polar surface area (TPSA) is 20.2 Å². The Labute approximate surface area is 110 Å². The summed E-state index contributed by atoms with van der Waals surface area (Å²) < 4.78 is 13.5. The molecule has 1 aromatic rings. The lowest BCUT2D eigenvalue weighted by Crippen LogP contribution is -2.20. The van der Waals surface area contributed by atoms with Gasteiger partial charge in [-0.05, 0) is 48.3 Å². The Balaban J connectivity index is 2.88. The number of hydrogen-bond acceptors (Lipinski definition) is 1. The summed E-state index contributed by atoms with van der Waals surface area (Å²) in [4.78, 5) is 0. The molecule has 0 amide bonds. The van der Waals surface area contributed by atoms with E-state index >= 15 is 0 Å². The molecule has 1 nitrogen and oxygen atoms in total. The Hall–Kier alpha value is -0.890. The number of hydrogen-bond donors (Lipinski definition) is 1. The van der Waals surface area contributed by atoms with Gasteiger partial charge in [0.25, 0.3) is 0 Å². The summed E-state index contributed by atoms with van der Waals surface area (Å²) in [7, 11) is 0. The van der Waals surface area contributed by atoms with Crippen molar-refractivity contribution < 1.29 is 9.50 Å². The molecule has 0 aliphatic rings. The van der Waals surface area contributed by atoms with Crippen LogP contribution in [-0.2, 0) is 0 Å². The van der Waals surface area contributed by atoms with Crippen LogP contribution in [0.15, 0.2) is 12.1 Å². The molecule has 0 aliphatic heterocycles. The highest BCUT2D eigenvalue weighted by Crippen LogP contribution is 2.33. The van der Waals surface area contributed by atoms with Crippen LogP contribution in [0.4, 0.5) is 4.39 Å². The summed E-state index contributed by atoms with van der Waals surface area (Å²) >= 11 is 0. The molecule has 0 saturated heterocycles. The average molecular weight is 252 g/mol. The van der Waals surface area contributed by atoms with E-state index in [0.717, 1.165) is 5.56 Å². The number of aliphatic hydroxyl groups excluding tert-OH is 1. The number of rotatable bonds is 3. The fraction of sp³-hybridized carbons (Fsp3) is 0.625. The SMILES string of the molecule is Cc1cc(C(O)CC(C)C(C)(C)C)cc(C)c1F. The predicted molar refractivity (Wildman–Crippen MR) is 74.1 cm³/mol. The highest BCUT2D eigenvalue weighted by atomic mass is 19.1. The molecular weight excluding hydrogens is 227 g/mol. The summed E-state index contributed by atoms with van der Waals surface area (Å²) in [6.07, 6.45) is 0.186. The van der Waals surface area contributed by atoms with Gasteiger partial charge in [-0.1, -0.05) is 39.8 Å². The van der Waals surface area contributed by atoms with Crippen LogP contribution in [0, 0.1) is 31.0 Å². The molecule has 18 heavy (non-hydrogen) atoms. The van der Waals surface area contributed by atoms with Gasteiger partial charge >= 0.3 is 0 Å². The number of aliphatic hydroxyl groups is 1. The summed E-state index contributed by atoms with van der Waals surface area (Å²) in [6.45, 7) is 12.1. The van der Waals surface area contributed by atoms with Crippen molar-refractivity contribution in [2.45, 2.75) is 54.1 Å². The van der Waals surface area contributed by atoms with E-state index in [1.54, 1.807) is 26.0 Å². The van der Waals surface area contributed by atoms with E-state index in [4.69, 9.17) is 0 Å². The monoisotopic (exact) mass is 252 g/mol. The molecule has 2 heteroatoms. The van der Waals surface area contributed by atoms with E-state index in [-0.39, 0.29) is 11.2 Å². The lowest BCUT2D eigenvalue weighted by atomic mass is 9.78. The highest BCUT2D eigenvalue weighted by Gasteiger charge is 2.23. The van der Waals surface area contributed by atoms with Gasteiger partial charge in [-0.15, -0.1) is 0 Å². The van der Waals surface area contributed by atoms with E-state index in [1.807, 2.05) is 0 Å². The summed E-state index contributed by atoms with van der Waals surface area (Å²) in [5.74, 6) is 0.230. The third kappa shape index (κ3) is 3.55. The van der Waals surface area contributed by atoms with Crippen molar-refractivity contribution in [2.75, 3.05) is 0 Å². The summed E-state index contributed by atoms with van der Waals surface area (Å²) in [5, 5.41) is 10.3. The van der Waals surface area contributed by atoms with E-state index in [0.29, 0.717) is 23.5 Å². The summed E-state index contributed by atoms with van der Waals surface area (Å²) in [5.41, 5.74) is 2.20. The van der Waals surface area contributed by atoms with Crippen molar-refractivity contribution in [1.82, 2.24) is 0 Å². The molecule has 0 heterocycles. The maximum atomic E-state index is 13.5. The molecule has 0 bridgehead atoms. The fourth-order valence-corrected chi connectivity index (χ4v) is 2.00. The molecule has 1 aromatic carbocycles. The van der Waals surface area contributed by atoms with Crippen LogP contribution in [-0.4, -0.2) is 5.11 Å². The van der Waals surface area contributed by atoms with Gasteiger partial charge in [-0.25, -0.2) is 4.39 Å². The third-order valence-electron chi connectivity index (χ3n) is 3.90. The average Bonchev–Trinajstić information content (AvgIpc) is 2.23. The molecule has 102 valence electrons. The first kappa shape index (κ1) is 15.2. The van der Waals surface area contributed by atoms with Crippen molar-refractivity contribution in [3.63, 3.8) is 0 Å². The van der Waals surface area contributed by atoms with Crippen molar-refractivity contribution in [2.24, 2.45) is 11.3 Å². The van der Waals surface area contributed by atoms with Crippen molar-refractivity contribution in [3.8, 4) is 0 Å². The zero-order valence-corrected chi connectivity index (χ0v) is 12.3. The fourth-order valence-electron chi connectivity index (χ4n) is 2.00. The minimum absolute atomic E-state index is 0.171. The molecule has 0 saturated carbocycles. The summed E-state index contributed by atoms with van der Waals surface area (Å²) in [6, 6.07) is 3.50. The van der Waals surface area contributed by atoms with E-state index in [2.05, 4.69) is 27.7 Å². The number of halogens is 1. The van der Waals surface area contributed by atoms with Gasteiger partial charge in [-0.3, -0.25) is 0 Å². The van der Waals surface area contributed by atoms with Gasteiger partial charge in [0.05, 0.1) is 6.10 Å². The second-order valence-corrected chi connectivity index (χ2v) is 6.49. The third-order valence-corrected chi connectivity index (χ3v) is 3.90. The largest absolute Gasteiger partial charge is 0.388 e. The van der Waals surface area contributed by atoms with Crippen molar-refractivity contribution >= 4 is 0 Å². The van der Waals surface area contributed by atoms with Crippen LogP contribution in [0.25, 0.3) is 0 Å². The molecule has 0 radical (unpaired) electrons. The van der Waals surface area contributed by atoms with Crippen molar-refractivity contribution in [1.29, 1.82) is 0 Å². The van der Waals surface area contributed by atoms with Crippen LogP contribution in [0.2, 0.25) is 0 Å². The van der Waals surface area contributed by atoms with Gasteiger partial charge < -0.3 is 5.11 Å².